The number of likely N-dealkylation sites (tertiary alicyclic amines) is 1. The average molecular weight is 262 g/mol. The first-order valence-electron chi connectivity index (χ1n) is 7.01. The second kappa shape index (κ2) is 5.19. The third kappa shape index (κ3) is 2.81. The van der Waals surface area contributed by atoms with E-state index in [2.05, 4.69) is 22.0 Å². The summed E-state index contributed by atoms with van der Waals surface area (Å²) >= 11 is 0. The van der Waals surface area contributed by atoms with E-state index in [1.807, 2.05) is 13.0 Å². The molecular formula is C15H22N2O2. The van der Waals surface area contributed by atoms with Crippen molar-refractivity contribution in [3.8, 4) is 0 Å². The Balaban J connectivity index is 1.55. The van der Waals surface area contributed by atoms with Gasteiger partial charge in [-0.1, -0.05) is 6.07 Å². The number of aryl methyl sites for hydroxylation is 1. The number of ether oxygens (including phenoxy) is 2. The molecule has 1 atom stereocenters. The predicted octanol–water partition coefficient (Wildman–Crippen LogP) is 1.77. The Kier molecular flexibility index (Phi) is 3.56. The summed E-state index contributed by atoms with van der Waals surface area (Å²) in [6.45, 7) is 5.79. The maximum Gasteiger partial charge on any atom is 0.0959 e. The van der Waals surface area contributed by atoms with Gasteiger partial charge in [0.1, 0.15) is 0 Å². The Morgan fingerprint density at radius 1 is 1.47 bits per heavy atom. The first-order valence-corrected chi connectivity index (χ1v) is 7.01. The van der Waals surface area contributed by atoms with Gasteiger partial charge in [0.2, 0.25) is 0 Å². The minimum Gasteiger partial charge on any atom is -0.381 e. The summed E-state index contributed by atoms with van der Waals surface area (Å²) in [7, 11) is 1.80. The van der Waals surface area contributed by atoms with Crippen LogP contribution in [0, 0.1) is 6.92 Å². The van der Waals surface area contributed by atoms with E-state index in [-0.39, 0.29) is 5.60 Å². The summed E-state index contributed by atoms with van der Waals surface area (Å²) in [6, 6.07) is 6.21. The highest BCUT2D eigenvalue weighted by Gasteiger charge is 2.47. The minimum absolute atomic E-state index is 0.0444. The van der Waals surface area contributed by atoms with Gasteiger partial charge in [0.25, 0.3) is 0 Å². The van der Waals surface area contributed by atoms with Gasteiger partial charge in [0.15, 0.2) is 0 Å². The smallest absolute Gasteiger partial charge is 0.0959 e. The van der Waals surface area contributed by atoms with E-state index < -0.39 is 0 Å². The molecule has 19 heavy (non-hydrogen) atoms. The molecule has 4 nitrogen and oxygen atoms in total. The molecule has 1 aromatic rings. The number of nitrogens with zero attached hydrogens (tertiary/aromatic N) is 2. The summed E-state index contributed by atoms with van der Waals surface area (Å²) in [6.07, 6.45) is 2.42. The summed E-state index contributed by atoms with van der Waals surface area (Å²) in [4.78, 5) is 6.96. The van der Waals surface area contributed by atoms with E-state index >= 15 is 0 Å². The molecule has 0 radical (unpaired) electrons. The van der Waals surface area contributed by atoms with Gasteiger partial charge in [-0.2, -0.15) is 0 Å². The van der Waals surface area contributed by atoms with E-state index in [0.29, 0.717) is 6.10 Å². The molecule has 0 N–H and O–H groups in total. The number of pyridine rings is 1. The molecule has 104 valence electrons. The van der Waals surface area contributed by atoms with Crippen molar-refractivity contribution >= 4 is 0 Å². The van der Waals surface area contributed by atoms with Gasteiger partial charge in [-0.3, -0.25) is 9.88 Å². The maximum absolute atomic E-state index is 5.98. The molecule has 2 aliphatic rings. The van der Waals surface area contributed by atoms with Crippen LogP contribution in [0.2, 0.25) is 0 Å². The van der Waals surface area contributed by atoms with E-state index in [0.717, 1.165) is 50.5 Å². The van der Waals surface area contributed by atoms with Gasteiger partial charge in [-0.15, -0.1) is 0 Å². The summed E-state index contributed by atoms with van der Waals surface area (Å²) < 4.78 is 11.5. The largest absolute Gasteiger partial charge is 0.381 e. The molecule has 2 fully saturated rings. The number of hydrogen-bond acceptors (Lipinski definition) is 4. The van der Waals surface area contributed by atoms with Gasteiger partial charge in [-0.05, 0) is 25.5 Å². The average Bonchev–Trinajstić information content (AvgIpc) is 2.37. The molecule has 0 saturated carbocycles. The Hall–Kier alpha value is -0.970. The fraction of sp³-hybridized carbons (Fsp3) is 0.667. The first-order chi connectivity index (χ1) is 9.19. The Labute approximate surface area is 114 Å². The maximum atomic E-state index is 5.98. The quantitative estimate of drug-likeness (QED) is 0.831. The number of aromatic nitrogens is 1. The molecule has 3 rings (SSSR count). The van der Waals surface area contributed by atoms with Crippen LogP contribution in [0.25, 0.3) is 0 Å². The summed E-state index contributed by atoms with van der Waals surface area (Å²) in [5.41, 5.74) is 2.28. The normalized spacial score (nSPS) is 26.3. The van der Waals surface area contributed by atoms with Gasteiger partial charge < -0.3 is 9.47 Å². The van der Waals surface area contributed by atoms with Crippen LogP contribution in [0.15, 0.2) is 18.2 Å². The van der Waals surface area contributed by atoms with Gasteiger partial charge in [0, 0.05) is 45.5 Å². The number of rotatable bonds is 3. The Bertz CT molecular complexity index is 444. The van der Waals surface area contributed by atoms with Crippen molar-refractivity contribution in [2.45, 2.75) is 38.0 Å². The fourth-order valence-corrected chi connectivity index (χ4v) is 3.20. The second-order valence-corrected chi connectivity index (χ2v) is 5.80. The molecular weight excluding hydrogens is 240 g/mol. The van der Waals surface area contributed by atoms with Crippen LogP contribution in [0.1, 0.15) is 24.2 Å². The molecule has 3 heterocycles. The van der Waals surface area contributed by atoms with Crippen molar-refractivity contribution in [1.29, 1.82) is 0 Å². The monoisotopic (exact) mass is 262 g/mol. The van der Waals surface area contributed by atoms with Crippen molar-refractivity contribution < 1.29 is 9.47 Å². The Morgan fingerprint density at radius 2 is 2.32 bits per heavy atom. The lowest BCUT2D eigenvalue weighted by atomic mass is 9.84. The number of hydrogen-bond donors (Lipinski definition) is 0. The lowest BCUT2D eigenvalue weighted by Crippen LogP contribution is -2.65. The molecule has 2 saturated heterocycles. The van der Waals surface area contributed by atoms with Crippen LogP contribution in [0.5, 0.6) is 0 Å². The molecule has 1 aromatic heterocycles. The third-order valence-electron chi connectivity index (χ3n) is 4.14. The molecule has 0 unspecified atom stereocenters. The SMILES string of the molecule is CO[C@H]1CCOC2(C1)CN(Cc1cccc(C)n1)C2. The second-order valence-electron chi connectivity index (χ2n) is 5.80. The standard InChI is InChI=1S/C15H22N2O2/c1-12-4-3-5-13(16-12)9-17-10-15(11-17)8-14(18-2)6-7-19-15/h3-5,14H,6-11H2,1-2H3/t14-/m0/s1. The van der Waals surface area contributed by atoms with E-state index in [1.54, 1.807) is 7.11 Å². The predicted molar refractivity (Wildman–Crippen MR) is 73.0 cm³/mol. The van der Waals surface area contributed by atoms with Crippen LogP contribution >= 0.6 is 0 Å². The summed E-state index contributed by atoms with van der Waals surface area (Å²) in [5, 5.41) is 0. The van der Waals surface area contributed by atoms with Crippen LogP contribution in [0.3, 0.4) is 0 Å². The van der Waals surface area contributed by atoms with E-state index in [1.165, 1.54) is 0 Å². The molecule has 0 amide bonds. The minimum atomic E-state index is 0.0444. The molecule has 0 aromatic carbocycles. The zero-order chi connectivity index (χ0) is 13.3. The van der Waals surface area contributed by atoms with E-state index in [4.69, 9.17) is 9.47 Å². The molecule has 4 heteroatoms. The lowest BCUT2D eigenvalue weighted by Gasteiger charge is -2.53. The molecule has 1 spiro atoms. The highest BCUT2D eigenvalue weighted by atomic mass is 16.5. The molecule has 2 aliphatic heterocycles. The van der Waals surface area contributed by atoms with Crippen LogP contribution in [0.4, 0.5) is 0 Å². The zero-order valence-corrected chi connectivity index (χ0v) is 11.8. The third-order valence-corrected chi connectivity index (χ3v) is 4.14. The van der Waals surface area contributed by atoms with Crippen LogP contribution in [-0.2, 0) is 16.0 Å². The molecule has 0 aliphatic carbocycles. The Morgan fingerprint density at radius 3 is 3.05 bits per heavy atom. The van der Waals surface area contributed by atoms with Crippen LogP contribution in [-0.4, -0.2) is 48.4 Å². The van der Waals surface area contributed by atoms with Crippen molar-refractivity contribution in [2.24, 2.45) is 0 Å². The van der Waals surface area contributed by atoms with Crippen molar-refractivity contribution in [1.82, 2.24) is 9.88 Å². The highest BCUT2D eigenvalue weighted by Crippen LogP contribution is 2.35. The van der Waals surface area contributed by atoms with Crippen molar-refractivity contribution in [3.63, 3.8) is 0 Å². The van der Waals surface area contributed by atoms with Gasteiger partial charge in [-0.25, -0.2) is 0 Å². The molecule has 0 bridgehead atoms. The topological polar surface area (TPSA) is 34.6 Å². The van der Waals surface area contributed by atoms with E-state index in [9.17, 15) is 0 Å². The lowest BCUT2D eigenvalue weighted by molar-refractivity contribution is -0.195. The van der Waals surface area contributed by atoms with Crippen molar-refractivity contribution in [2.75, 3.05) is 26.8 Å². The summed E-state index contributed by atoms with van der Waals surface area (Å²) in [5.74, 6) is 0. The van der Waals surface area contributed by atoms with Gasteiger partial charge >= 0.3 is 0 Å². The fourth-order valence-electron chi connectivity index (χ4n) is 3.20. The van der Waals surface area contributed by atoms with Crippen molar-refractivity contribution in [3.05, 3.63) is 29.6 Å². The number of methoxy groups -OCH3 is 1. The zero-order valence-electron chi connectivity index (χ0n) is 11.8. The van der Waals surface area contributed by atoms with Crippen LogP contribution < -0.4 is 0 Å². The van der Waals surface area contributed by atoms with Gasteiger partial charge in [0.05, 0.1) is 17.4 Å². The highest BCUT2D eigenvalue weighted by molar-refractivity contribution is 5.11. The first kappa shape index (κ1) is 13.0.